The Morgan fingerprint density at radius 2 is 1.75 bits per heavy atom. The fourth-order valence-corrected chi connectivity index (χ4v) is 1.52. The first kappa shape index (κ1) is 15.5. The van der Waals surface area contributed by atoms with E-state index in [4.69, 9.17) is 11.6 Å². The number of hydrogen-bond acceptors (Lipinski definition) is 0. The van der Waals surface area contributed by atoms with Crippen molar-refractivity contribution in [2.24, 2.45) is 0 Å². The topological polar surface area (TPSA) is 0 Å². The Morgan fingerprint density at radius 3 is 2.12 bits per heavy atom. The van der Waals surface area contributed by atoms with Crippen molar-refractivity contribution in [2.75, 3.05) is 0 Å². The maximum absolute atomic E-state index is 5.74. The predicted molar refractivity (Wildman–Crippen MR) is 67.7 cm³/mol. The van der Waals surface area contributed by atoms with E-state index in [1.54, 1.807) is 0 Å². The summed E-state index contributed by atoms with van der Waals surface area (Å²) in [7, 11) is 0. The van der Waals surface area contributed by atoms with E-state index in [0.717, 1.165) is 5.02 Å². The van der Waals surface area contributed by atoms with Gasteiger partial charge in [0, 0.05) is 17.1 Å². The summed E-state index contributed by atoms with van der Waals surface area (Å²) in [5, 5.41) is 0.867. The molecule has 0 aliphatic rings. The molecule has 2 aromatic rings. The van der Waals surface area contributed by atoms with Gasteiger partial charge in [-0.1, -0.05) is 26.2 Å². The van der Waals surface area contributed by atoms with Crippen LogP contribution in [0.5, 0.6) is 0 Å². The predicted octanol–water partition coefficient (Wildman–Crippen LogP) is 4.80. The smallest absolute Gasteiger partial charge is 0 e. The van der Waals surface area contributed by atoms with Crippen molar-refractivity contribution < 1.29 is 17.1 Å². The molecule has 0 nitrogen and oxygen atoms in total. The summed E-state index contributed by atoms with van der Waals surface area (Å²) >= 11 is 5.74. The zero-order valence-electron chi connectivity index (χ0n) is 9.47. The van der Waals surface area contributed by atoms with Gasteiger partial charge in [0.15, 0.2) is 0 Å². The average Bonchev–Trinajstić information content (AvgIpc) is 2.88. The van der Waals surface area contributed by atoms with Gasteiger partial charge in [0.1, 0.15) is 0 Å². The molecule has 0 saturated carbocycles. The van der Waals surface area contributed by atoms with Crippen LogP contribution in [0.3, 0.4) is 0 Å². The van der Waals surface area contributed by atoms with E-state index in [0.29, 0.717) is 0 Å². The van der Waals surface area contributed by atoms with Crippen molar-refractivity contribution in [3.05, 3.63) is 59.1 Å². The Labute approximate surface area is 114 Å². The summed E-state index contributed by atoms with van der Waals surface area (Å²) in [4.78, 5) is 0. The van der Waals surface area contributed by atoms with Gasteiger partial charge in [-0.25, -0.2) is 0 Å². The maximum atomic E-state index is 5.74. The van der Waals surface area contributed by atoms with Crippen molar-refractivity contribution in [1.82, 2.24) is 0 Å². The van der Waals surface area contributed by atoms with Gasteiger partial charge in [-0.2, -0.15) is 35.4 Å². The molecule has 0 N–H and O–H groups in total. The number of halogens is 1. The fraction of sp³-hybridized carbons (Fsp3) is 0.286. The third kappa shape index (κ3) is 6.90. The molecule has 0 atom stereocenters. The zero-order chi connectivity index (χ0) is 10.9. The first-order chi connectivity index (χ1) is 7.33. The van der Waals surface area contributed by atoms with E-state index < -0.39 is 0 Å². The second kappa shape index (κ2) is 9.72. The minimum absolute atomic E-state index is 0. The minimum Gasteiger partial charge on any atom is -0.748 e. The Bertz CT molecular complexity index is 318. The molecule has 0 bridgehead atoms. The second-order valence-electron chi connectivity index (χ2n) is 3.50. The average molecular weight is 277 g/mol. The molecule has 0 spiro atoms. The van der Waals surface area contributed by atoms with Gasteiger partial charge < -0.3 is 30.3 Å². The molecule has 16 heavy (non-hydrogen) atoms. The molecule has 0 radical (unpaired) electrons. The molecule has 2 rings (SSSR count). The quantitative estimate of drug-likeness (QED) is 0.558. The van der Waals surface area contributed by atoms with Crippen LogP contribution in [0.15, 0.2) is 48.5 Å². The van der Waals surface area contributed by atoms with E-state index in [1.165, 1.54) is 24.8 Å². The molecule has 0 unspecified atom stereocenters. The van der Waals surface area contributed by atoms with Crippen LogP contribution in [0.1, 0.15) is 25.3 Å². The van der Waals surface area contributed by atoms with E-state index in [1.807, 2.05) is 42.5 Å². The van der Waals surface area contributed by atoms with E-state index in [2.05, 4.69) is 13.0 Å². The Kier molecular flexibility index (Phi) is 9.42. The van der Waals surface area contributed by atoms with Crippen LogP contribution in [0, 0.1) is 0 Å². The van der Waals surface area contributed by atoms with Crippen LogP contribution >= 0.6 is 11.6 Å². The van der Waals surface area contributed by atoms with Crippen molar-refractivity contribution in [3.8, 4) is 0 Å². The Morgan fingerprint density at radius 1 is 1.19 bits per heavy atom. The van der Waals surface area contributed by atoms with Crippen LogP contribution in [-0.2, 0) is 23.5 Å². The van der Waals surface area contributed by atoms with Crippen LogP contribution in [0.25, 0.3) is 0 Å². The van der Waals surface area contributed by atoms with E-state index in [9.17, 15) is 0 Å². The summed E-state index contributed by atoms with van der Waals surface area (Å²) in [6.07, 6.45) is 3.69. The monoisotopic (exact) mass is 276 g/mol. The number of hydrogen-bond donors (Lipinski definition) is 0. The number of aryl methyl sites for hydroxylation is 1. The largest absolute Gasteiger partial charge is 0.748 e. The summed E-state index contributed by atoms with van der Waals surface area (Å²) in [5.74, 6) is 0. The van der Waals surface area contributed by atoms with Crippen LogP contribution in [0.4, 0.5) is 0 Å². The molecule has 2 aromatic carbocycles. The number of rotatable bonds is 3. The van der Waals surface area contributed by atoms with Crippen molar-refractivity contribution in [1.29, 1.82) is 0 Å². The minimum atomic E-state index is 0. The van der Waals surface area contributed by atoms with Gasteiger partial charge in [-0.3, -0.25) is 0 Å². The fourth-order valence-electron chi connectivity index (χ4n) is 1.32. The summed E-state index contributed by atoms with van der Waals surface area (Å²) in [6, 6.07) is 16.1. The Balaban J connectivity index is 0.000000318. The second-order valence-corrected chi connectivity index (χ2v) is 3.94. The van der Waals surface area contributed by atoms with Gasteiger partial charge in [-0.05, 0) is 0 Å². The summed E-state index contributed by atoms with van der Waals surface area (Å²) in [6.45, 7) is 2.20. The van der Waals surface area contributed by atoms with Crippen LogP contribution in [-0.4, -0.2) is 0 Å². The first-order valence-corrected chi connectivity index (χ1v) is 5.78. The molecule has 0 aliphatic heterocycles. The van der Waals surface area contributed by atoms with Gasteiger partial charge in [-0.15, -0.1) is 5.02 Å². The summed E-state index contributed by atoms with van der Waals surface area (Å²) in [5.41, 5.74) is 1.37. The van der Waals surface area contributed by atoms with E-state index in [-0.39, 0.29) is 17.1 Å². The molecule has 0 aromatic heterocycles. The van der Waals surface area contributed by atoms with Crippen LogP contribution < -0.4 is 0 Å². The molecule has 2 heteroatoms. The molecular weight excluding hydrogens is 259 g/mol. The third-order valence-corrected chi connectivity index (χ3v) is 2.39. The van der Waals surface area contributed by atoms with Crippen molar-refractivity contribution in [2.45, 2.75) is 26.2 Å². The van der Waals surface area contributed by atoms with Crippen molar-refractivity contribution in [3.63, 3.8) is 0 Å². The summed E-state index contributed by atoms with van der Waals surface area (Å²) < 4.78 is 0. The molecule has 0 aliphatic carbocycles. The first-order valence-electron chi connectivity index (χ1n) is 5.40. The molecule has 0 saturated heterocycles. The molecule has 0 fully saturated rings. The van der Waals surface area contributed by atoms with Gasteiger partial charge in [0.2, 0.25) is 0 Å². The molecule has 0 heterocycles. The normalized spacial score (nSPS) is 8.88. The van der Waals surface area contributed by atoms with Gasteiger partial charge in [0.25, 0.3) is 0 Å². The maximum Gasteiger partial charge on any atom is 0 e. The SMILES string of the molecule is CCCC[c-]1ccc(Cl)c1.[Fe].[cH-]1[cH-][cH-][cH-][cH-]1. The van der Waals surface area contributed by atoms with Gasteiger partial charge in [0.05, 0.1) is 0 Å². The Hall–Kier alpha value is -0.491. The zero-order valence-corrected chi connectivity index (χ0v) is 11.3. The van der Waals surface area contributed by atoms with Crippen molar-refractivity contribution >= 4 is 11.6 Å². The third-order valence-electron chi connectivity index (χ3n) is 2.15. The van der Waals surface area contributed by atoms with Crippen LogP contribution in [0.2, 0.25) is 5.02 Å². The molecular formula is C14H17ClFe-6. The standard InChI is InChI=1S/C9H12Cl.C5H5.Fe/c1-2-3-4-8-5-6-9(10)7-8;1-2-4-5-3-1;/h5-7H,2-4H2,1H3;1-5H;/q-1;-5;. The molecule has 94 valence electrons. The number of unbranched alkanes of at least 4 members (excludes halogenated alkanes) is 1. The van der Waals surface area contributed by atoms with Gasteiger partial charge >= 0.3 is 0 Å². The molecule has 0 amide bonds. The van der Waals surface area contributed by atoms with E-state index >= 15 is 0 Å².